The average Bonchev–Trinajstić information content (AvgIpc) is 1.53. The maximum Gasteiger partial charge on any atom is 0.108 e. The first kappa shape index (κ1) is 14.6. The molecule has 5 heteroatoms. The Morgan fingerprint density at radius 3 is 2.17 bits per heavy atom. The van der Waals surface area contributed by atoms with Crippen LogP contribution in [0.1, 0.15) is 6.42 Å². The van der Waals surface area contributed by atoms with Crippen LogP contribution in [0.25, 0.3) is 0 Å². The van der Waals surface area contributed by atoms with Crippen LogP contribution in [0, 0.1) is 0 Å². The van der Waals surface area contributed by atoms with E-state index in [1.807, 2.05) is 21.1 Å². The number of carboxylic acid groups (broad SMARTS) is 1. The molecule has 0 aliphatic carbocycles. The van der Waals surface area contributed by atoms with Crippen LogP contribution >= 0.6 is 0 Å². The Hall–Kier alpha value is 0.0783. The number of quaternary nitrogens is 1. The number of aliphatic hydroxyl groups excluding tert-OH is 1. The van der Waals surface area contributed by atoms with Gasteiger partial charge >= 0.3 is 0 Å². The fraction of sp³-hybridized carbons (Fsp3) is 0.857. The normalized spacial score (nSPS) is 13.3. The van der Waals surface area contributed by atoms with Gasteiger partial charge in [-0.2, -0.15) is 0 Å². The molecule has 0 aromatic carbocycles. The number of hydrogen-bond acceptors (Lipinski definition) is 3. The van der Waals surface area contributed by atoms with Crippen molar-refractivity contribution in [3.63, 3.8) is 0 Å². The minimum Gasteiger partial charge on any atom is -0.550 e. The van der Waals surface area contributed by atoms with Gasteiger partial charge in [0.25, 0.3) is 0 Å². The maximum absolute atomic E-state index is 10.0. The number of likely N-dealkylation sites (N-methyl/N-ethyl adjacent to an activating group) is 1. The second-order valence-electron chi connectivity index (χ2n) is 3.70. The molecule has 0 spiro atoms. The SMILES string of the molecule is C[N+](C)(C)C[C@H](O)CC(=O)[O-].[Mo]. The Balaban J connectivity index is 0. The molecule has 0 saturated heterocycles. The Morgan fingerprint density at radius 1 is 1.50 bits per heavy atom. The van der Waals surface area contributed by atoms with Gasteiger partial charge in [-0.1, -0.05) is 0 Å². The molecule has 1 N–H and O–H groups in total. The van der Waals surface area contributed by atoms with Crippen LogP contribution in [-0.2, 0) is 25.9 Å². The molecule has 0 heterocycles. The third-order valence-electron chi connectivity index (χ3n) is 1.16. The van der Waals surface area contributed by atoms with Crippen molar-refractivity contribution in [2.45, 2.75) is 12.5 Å². The summed E-state index contributed by atoms with van der Waals surface area (Å²) in [5.74, 6) is -1.20. The minimum atomic E-state index is -1.20. The van der Waals surface area contributed by atoms with Crippen molar-refractivity contribution in [3.8, 4) is 0 Å². The standard InChI is InChI=1S/C7H15NO3.Mo/c1-8(2,3)5-6(9)4-7(10)11;/h6,9H,4-5H2,1-3H3;/t6-;/m1./s1. The third-order valence-corrected chi connectivity index (χ3v) is 1.16. The minimum absolute atomic E-state index is 0. The summed E-state index contributed by atoms with van der Waals surface area (Å²) in [6.45, 7) is 0.425. The smallest absolute Gasteiger partial charge is 0.108 e. The van der Waals surface area contributed by atoms with Gasteiger partial charge in [0, 0.05) is 33.5 Å². The van der Waals surface area contributed by atoms with E-state index < -0.39 is 12.1 Å². The summed E-state index contributed by atoms with van der Waals surface area (Å²) in [4.78, 5) is 10.0. The molecular formula is C7H15MoNO3. The number of carbonyl (C=O) groups is 1. The third kappa shape index (κ3) is 10.1. The van der Waals surface area contributed by atoms with Gasteiger partial charge in [-0.05, 0) is 0 Å². The summed E-state index contributed by atoms with van der Waals surface area (Å²) >= 11 is 0. The zero-order chi connectivity index (χ0) is 9.07. The number of carboxylic acids is 1. The summed E-state index contributed by atoms with van der Waals surface area (Å²) in [5.41, 5.74) is 0. The van der Waals surface area contributed by atoms with Gasteiger partial charge in [-0.25, -0.2) is 0 Å². The summed E-state index contributed by atoms with van der Waals surface area (Å²) in [6.07, 6.45) is -1.09. The van der Waals surface area contributed by atoms with Crippen molar-refractivity contribution in [2.75, 3.05) is 27.7 Å². The average molecular weight is 257 g/mol. The Morgan fingerprint density at radius 2 is 1.92 bits per heavy atom. The van der Waals surface area contributed by atoms with Gasteiger partial charge in [-0.15, -0.1) is 0 Å². The second kappa shape index (κ2) is 5.68. The van der Waals surface area contributed by atoms with E-state index in [-0.39, 0.29) is 27.5 Å². The molecule has 1 atom stereocenters. The fourth-order valence-electron chi connectivity index (χ4n) is 0.889. The van der Waals surface area contributed by atoms with E-state index in [4.69, 9.17) is 5.11 Å². The molecule has 72 valence electrons. The Bertz CT molecular complexity index is 144. The molecule has 0 fully saturated rings. The van der Waals surface area contributed by atoms with Crippen molar-refractivity contribution in [1.82, 2.24) is 0 Å². The molecule has 0 aromatic rings. The number of carbonyl (C=O) groups excluding carboxylic acids is 1. The molecule has 12 heavy (non-hydrogen) atoms. The molecule has 0 aromatic heterocycles. The van der Waals surface area contributed by atoms with E-state index in [2.05, 4.69) is 0 Å². The van der Waals surface area contributed by atoms with E-state index in [1.165, 1.54) is 0 Å². The van der Waals surface area contributed by atoms with Gasteiger partial charge in [0.2, 0.25) is 0 Å². The fourth-order valence-corrected chi connectivity index (χ4v) is 0.889. The molecule has 0 unspecified atom stereocenters. The van der Waals surface area contributed by atoms with Crippen LogP contribution in [0.2, 0.25) is 0 Å². The monoisotopic (exact) mass is 259 g/mol. The Labute approximate surface area is 87.0 Å². The first-order chi connectivity index (χ1) is 4.81. The molecule has 0 bridgehead atoms. The molecule has 0 radical (unpaired) electrons. The molecule has 4 nitrogen and oxygen atoms in total. The number of nitrogens with zero attached hydrogens (tertiary/aromatic N) is 1. The Kier molecular flexibility index (Phi) is 6.90. The summed E-state index contributed by atoms with van der Waals surface area (Å²) < 4.78 is 0.550. The number of aliphatic carboxylic acids is 1. The predicted molar refractivity (Wildman–Crippen MR) is 38.5 cm³/mol. The topological polar surface area (TPSA) is 60.4 Å². The van der Waals surface area contributed by atoms with E-state index in [9.17, 15) is 9.90 Å². The van der Waals surface area contributed by atoms with E-state index >= 15 is 0 Å². The molecule has 0 rings (SSSR count). The second-order valence-corrected chi connectivity index (χ2v) is 3.70. The molecule has 0 aliphatic rings. The predicted octanol–water partition coefficient (Wildman–Crippen LogP) is -1.81. The molecule has 0 aliphatic heterocycles. The number of hydrogen-bond donors (Lipinski definition) is 1. The quantitative estimate of drug-likeness (QED) is 0.477. The van der Waals surface area contributed by atoms with Crippen LogP contribution in [0.5, 0.6) is 0 Å². The van der Waals surface area contributed by atoms with Crippen molar-refractivity contribution in [3.05, 3.63) is 0 Å². The van der Waals surface area contributed by atoms with E-state index in [1.54, 1.807) is 0 Å². The van der Waals surface area contributed by atoms with Crippen molar-refractivity contribution >= 4 is 5.97 Å². The van der Waals surface area contributed by atoms with Gasteiger partial charge < -0.3 is 19.5 Å². The van der Waals surface area contributed by atoms with Crippen molar-refractivity contribution < 1.29 is 40.6 Å². The van der Waals surface area contributed by atoms with Gasteiger partial charge in [0.05, 0.1) is 21.1 Å². The number of rotatable bonds is 4. The van der Waals surface area contributed by atoms with Crippen molar-refractivity contribution in [2.24, 2.45) is 0 Å². The van der Waals surface area contributed by atoms with Gasteiger partial charge in [-0.3, -0.25) is 0 Å². The largest absolute Gasteiger partial charge is 0.550 e. The molecular weight excluding hydrogens is 242 g/mol. The van der Waals surface area contributed by atoms with Crippen LogP contribution in [0.15, 0.2) is 0 Å². The van der Waals surface area contributed by atoms with E-state index in [0.29, 0.717) is 11.0 Å². The van der Waals surface area contributed by atoms with Crippen LogP contribution in [0.4, 0.5) is 0 Å². The van der Waals surface area contributed by atoms with Gasteiger partial charge in [0.15, 0.2) is 0 Å². The van der Waals surface area contributed by atoms with Crippen LogP contribution < -0.4 is 5.11 Å². The summed E-state index contributed by atoms with van der Waals surface area (Å²) in [5, 5.41) is 19.1. The zero-order valence-electron chi connectivity index (χ0n) is 7.61. The summed E-state index contributed by atoms with van der Waals surface area (Å²) in [7, 11) is 5.66. The number of aliphatic hydroxyl groups is 1. The zero-order valence-corrected chi connectivity index (χ0v) is 9.62. The van der Waals surface area contributed by atoms with Crippen LogP contribution in [-0.4, -0.2) is 49.4 Å². The maximum atomic E-state index is 10.0. The van der Waals surface area contributed by atoms with Gasteiger partial charge in [0.1, 0.15) is 12.6 Å². The van der Waals surface area contributed by atoms with Crippen LogP contribution in [0.3, 0.4) is 0 Å². The summed E-state index contributed by atoms with van der Waals surface area (Å²) in [6, 6.07) is 0. The van der Waals surface area contributed by atoms with Crippen molar-refractivity contribution in [1.29, 1.82) is 0 Å². The molecule has 0 amide bonds. The van der Waals surface area contributed by atoms with E-state index in [0.717, 1.165) is 0 Å². The molecule has 0 saturated carbocycles. The first-order valence-electron chi connectivity index (χ1n) is 3.49. The first-order valence-corrected chi connectivity index (χ1v) is 3.49.